The van der Waals surface area contributed by atoms with Crippen LogP contribution in [0.5, 0.6) is 5.75 Å². The fraction of sp³-hybridized carbons (Fsp3) is 0.276. The number of carboxylic acid groups (broad SMARTS) is 1. The van der Waals surface area contributed by atoms with Crippen molar-refractivity contribution in [2.75, 3.05) is 11.4 Å². The molecule has 4 heteroatoms. The van der Waals surface area contributed by atoms with E-state index in [4.69, 9.17) is 4.74 Å². The topological polar surface area (TPSA) is 49.8 Å². The van der Waals surface area contributed by atoms with Crippen molar-refractivity contribution in [2.45, 2.75) is 46.1 Å². The lowest BCUT2D eigenvalue weighted by molar-refractivity contribution is 0.0697. The Morgan fingerprint density at radius 2 is 1.76 bits per heavy atom. The summed E-state index contributed by atoms with van der Waals surface area (Å²) in [6, 6.07) is 21.6. The molecule has 0 radical (unpaired) electrons. The first kappa shape index (κ1) is 22.7. The highest BCUT2D eigenvalue weighted by atomic mass is 16.5. The summed E-state index contributed by atoms with van der Waals surface area (Å²) in [5, 5.41) is 9.28. The zero-order valence-electron chi connectivity index (χ0n) is 19.8. The Bertz CT molecular complexity index is 1180. The Labute approximate surface area is 196 Å². The van der Waals surface area contributed by atoms with Gasteiger partial charge in [0.2, 0.25) is 0 Å². The smallest absolute Gasteiger partial charge is 0.335 e. The van der Waals surface area contributed by atoms with Crippen LogP contribution >= 0.6 is 0 Å². The van der Waals surface area contributed by atoms with Crippen LogP contribution in [0.15, 0.2) is 72.8 Å². The van der Waals surface area contributed by atoms with E-state index < -0.39 is 5.97 Å². The zero-order valence-corrected chi connectivity index (χ0v) is 19.8. The number of anilines is 2. The third kappa shape index (κ3) is 4.65. The van der Waals surface area contributed by atoms with Crippen molar-refractivity contribution in [3.63, 3.8) is 0 Å². The summed E-state index contributed by atoms with van der Waals surface area (Å²) in [5.41, 5.74) is 7.16. The monoisotopic (exact) mass is 441 g/mol. The Balaban J connectivity index is 1.81. The Morgan fingerprint density at radius 3 is 2.39 bits per heavy atom. The van der Waals surface area contributed by atoms with E-state index in [0.717, 1.165) is 35.7 Å². The van der Waals surface area contributed by atoms with Crippen molar-refractivity contribution in [1.82, 2.24) is 0 Å². The van der Waals surface area contributed by atoms with Crippen LogP contribution in [0, 0.1) is 0 Å². The van der Waals surface area contributed by atoms with Gasteiger partial charge in [0.05, 0.1) is 11.3 Å². The summed E-state index contributed by atoms with van der Waals surface area (Å²) < 4.78 is 6.43. The second kappa shape index (κ2) is 9.14. The summed E-state index contributed by atoms with van der Waals surface area (Å²) in [7, 11) is 0. The maximum Gasteiger partial charge on any atom is 0.335 e. The Kier molecular flexibility index (Phi) is 6.28. The highest BCUT2D eigenvalue weighted by molar-refractivity contribution is 5.88. The van der Waals surface area contributed by atoms with Crippen LogP contribution in [0.4, 0.5) is 11.4 Å². The minimum absolute atomic E-state index is 0.0262. The quantitative estimate of drug-likeness (QED) is 0.421. The van der Waals surface area contributed by atoms with Gasteiger partial charge in [0, 0.05) is 12.2 Å². The number of carbonyl (C=O) groups is 1. The predicted molar refractivity (Wildman–Crippen MR) is 135 cm³/mol. The second-order valence-electron chi connectivity index (χ2n) is 9.21. The van der Waals surface area contributed by atoms with Crippen LogP contribution in [0.3, 0.4) is 0 Å². The molecule has 0 atom stereocenters. The number of ether oxygens (including phenoxy) is 1. The van der Waals surface area contributed by atoms with Crippen molar-refractivity contribution in [1.29, 1.82) is 0 Å². The number of aromatic carboxylic acids is 1. The van der Waals surface area contributed by atoms with Gasteiger partial charge in [-0.1, -0.05) is 50.3 Å². The van der Waals surface area contributed by atoms with Crippen molar-refractivity contribution in [3.05, 3.63) is 95.1 Å². The lowest BCUT2D eigenvalue weighted by atomic mass is 9.73. The van der Waals surface area contributed by atoms with Crippen LogP contribution in [0.1, 0.15) is 61.2 Å². The van der Waals surface area contributed by atoms with Crippen molar-refractivity contribution in [3.8, 4) is 5.75 Å². The maximum absolute atomic E-state index is 11.3. The van der Waals surface area contributed by atoms with Crippen molar-refractivity contribution >= 4 is 22.9 Å². The van der Waals surface area contributed by atoms with Crippen LogP contribution < -0.4 is 9.64 Å². The molecule has 0 heterocycles. The molecule has 33 heavy (non-hydrogen) atoms. The largest absolute Gasteiger partial charge is 0.487 e. The number of rotatable bonds is 7. The van der Waals surface area contributed by atoms with Crippen molar-refractivity contribution < 1.29 is 14.6 Å². The number of benzene rings is 3. The molecule has 170 valence electrons. The molecule has 0 saturated carbocycles. The highest BCUT2D eigenvalue weighted by Crippen LogP contribution is 2.45. The van der Waals surface area contributed by atoms with Gasteiger partial charge in [-0.2, -0.15) is 0 Å². The van der Waals surface area contributed by atoms with Crippen LogP contribution in [-0.2, 0) is 12.0 Å². The maximum atomic E-state index is 11.3. The summed E-state index contributed by atoms with van der Waals surface area (Å²) in [6.07, 6.45) is 3.31. The molecule has 0 amide bonds. The van der Waals surface area contributed by atoms with Crippen LogP contribution in [-0.4, -0.2) is 17.6 Å². The normalized spacial score (nSPS) is 14.2. The Hall–Kier alpha value is -3.53. The van der Waals surface area contributed by atoms with E-state index >= 15 is 0 Å². The second-order valence-corrected chi connectivity index (χ2v) is 9.21. The first-order chi connectivity index (χ1) is 15.8. The van der Waals surface area contributed by atoms with Gasteiger partial charge in [0.25, 0.3) is 0 Å². The van der Waals surface area contributed by atoms with Gasteiger partial charge in [-0.05, 0) is 84.3 Å². The fourth-order valence-electron chi connectivity index (χ4n) is 4.42. The molecule has 0 spiro atoms. The number of hydrogen-bond acceptors (Lipinski definition) is 3. The van der Waals surface area contributed by atoms with Crippen molar-refractivity contribution in [2.24, 2.45) is 0 Å². The third-order valence-corrected chi connectivity index (χ3v) is 6.44. The van der Waals surface area contributed by atoms with Gasteiger partial charge < -0.3 is 14.7 Å². The number of allylic oxidation sites excluding steroid dienone is 2. The third-order valence-electron chi connectivity index (χ3n) is 6.44. The van der Waals surface area contributed by atoms with E-state index in [1.165, 1.54) is 16.7 Å². The van der Waals surface area contributed by atoms with E-state index in [1.54, 1.807) is 12.1 Å². The lowest BCUT2D eigenvalue weighted by Crippen LogP contribution is -2.23. The first-order valence-corrected chi connectivity index (χ1v) is 11.4. The van der Waals surface area contributed by atoms with Gasteiger partial charge in [0.15, 0.2) is 0 Å². The molecule has 1 N–H and O–H groups in total. The van der Waals surface area contributed by atoms with Crippen LogP contribution in [0.2, 0.25) is 0 Å². The molecule has 0 unspecified atom stereocenters. The molecule has 0 bridgehead atoms. The number of hydrogen-bond donors (Lipinski definition) is 1. The fourth-order valence-corrected chi connectivity index (χ4v) is 4.42. The average Bonchev–Trinajstić information content (AvgIpc) is 2.82. The molecule has 4 nitrogen and oxygen atoms in total. The summed E-state index contributed by atoms with van der Waals surface area (Å²) in [5.74, 6) is -0.0854. The molecule has 1 aliphatic rings. The molecular formula is C29H31NO3. The number of carboxylic acids is 1. The molecule has 3 aromatic rings. The highest BCUT2D eigenvalue weighted by Gasteiger charge is 2.29. The molecule has 1 aliphatic carbocycles. The summed E-state index contributed by atoms with van der Waals surface area (Å²) >= 11 is 0. The molecule has 0 aliphatic heterocycles. The predicted octanol–water partition coefficient (Wildman–Crippen LogP) is 7.21. The van der Waals surface area contributed by atoms with Gasteiger partial charge >= 0.3 is 5.97 Å². The summed E-state index contributed by atoms with van der Waals surface area (Å²) in [6.45, 7) is 10.0. The minimum Gasteiger partial charge on any atom is -0.487 e. The van der Waals surface area contributed by atoms with E-state index in [2.05, 4.69) is 62.9 Å². The van der Waals surface area contributed by atoms with Gasteiger partial charge in [-0.15, -0.1) is 0 Å². The molecule has 0 fully saturated rings. The zero-order chi connectivity index (χ0) is 23.6. The standard InChI is InChI=1S/C29H31NO3/c1-5-30(23-13-11-22(12-14-23)28(31)32)26-17-24-20(2)15-16-29(3,4)25(24)18-27(26)33-19-21-9-7-6-8-10-21/h6-15,17-18H,5,16,19H2,1-4H3,(H,31,32). The minimum atomic E-state index is -0.923. The molecular weight excluding hydrogens is 410 g/mol. The average molecular weight is 442 g/mol. The molecule has 4 rings (SSSR count). The number of nitrogens with zero attached hydrogens (tertiary/aromatic N) is 1. The van der Waals surface area contributed by atoms with E-state index in [0.29, 0.717) is 6.61 Å². The Morgan fingerprint density at radius 1 is 1.06 bits per heavy atom. The molecule has 0 aromatic heterocycles. The lowest BCUT2D eigenvalue weighted by Gasteiger charge is -2.34. The molecule has 0 saturated heterocycles. The molecule has 3 aromatic carbocycles. The van der Waals surface area contributed by atoms with Gasteiger partial charge in [-0.25, -0.2) is 4.79 Å². The first-order valence-electron chi connectivity index (χ1n) is 11.4. The van der Waals surface area contributed by atoms with E-state index in [1.807, 2.05) is 30.3 Å². The van der Waals surface area contributed by atoms with Gasteiger partial charge in [-0.3, -0.25) is 0 Å². The van der Waals surface area contributed by atoms with Gasteiger partial charge in [0.1, 0.15) is 12.4 Å². The summed E-state index contributed by atoms with van der Waals surface area (Å²) in [4.78, 5) is 13.5. The van der Waals surface area contributed by atoms with Crippen LogP contribution in [0.25, 0.3) is 5.57 Å². The number of fused-ring (bicyclic) bond motifs is 1. The van der Waals surface area contributed by atoms with E-state index in [9.17, 15) is 9.90 Å². The van der Waals surface area contributed by atoms with E-state index in [-0.39, 0.29) is 11.0 Å². The SMILES string of the molecule is CCN(c1ccc(C(=O)O)cc1)c1cc2c(cc1OCc1ccccc1)C(C)(C)CC=C2C.